The van der Waals surface area contributed by atoms with Crippen molar-refractivity contribution < 1.29 is 19.1 Å². The molecule has 0 radical (unpaired) electrons. The average molecular weight is 566 g/mol. The molecule has 2 aromatic carbocycles. The molecule has 2 rings (SSSR count). The van der Waals surface area contributed by atoms with Crippen molar-refractivity contribution >= 4 is 17.9 Å². The molecule has 0 bridgehead atoms. The number of hydrogen-bond donors (Lipinski definition) is 2. The van der Waals surface area contributed by atoms with Gasteiger partial charge in [0, 0.05) is 19.5 Å². The van der Waals surface area contributed by atoms with E-state index in [0.717, 1.165) is 61.6 Å². The largest absolute Gasteiger partial charge is 0.444 e. The number of nitrogens with zero attached hydrogens (tertiary/aromatic N) is 1. The van der Waals surface area contributed by atoms with Gasteiger partial charge >= 0.3 is 6.09 Å². The Morgan fingerprint density at radius 2 is 1.56 bits per heavy atom. The summed E-state index contributed by atoms with van der Waals surface area (Å²) in [5.41, 5.74) is 1.96. The first-order valence-corrected chi connectivity index (χ1v) is 15.2. The van der Waals surface area contributed by atoms with Gasteiger partial charge in [0.2, 0.25) is 11.8 Å². The van der Waals surface area contributed by atoms with Gasteiger partial charge in [-0.1, -0.05) is 106 Å². The molecule has 7 heteroatoms. The number of carbonyl (C=O) groups is 3. The van der Waals surface area contributed by atoms with Gasteiger partial charge in [0.25, 0.3) is 0 Å². The predicted octanol–water partition coefficient (Wildman–Crippen LogP) is 6.89. The zero-order valence-electron chi connectivity index (χ0n) is 26.0. The number of carbonyl (C=O) groups excluding carboxylic acids is 3. The maximum atomic E-state index is 14.5. The Hall–Kier alpha value is -3.35. The summed E-state index contributed by atoms with van der Waals surface area (Å²) in [6, 6.07) is 15.7. The number of rotatable bonds is 16. The quantitative estimate of drug-likeness (QED) is 0.217. The topological polar surface area (TPSA) is 87.7 Å². The van der Waals surface area contributed by atoms with E-state index in [4.69, 9.17) is 4.74 Å². The van der Waals surface area contributed by atoms with Crippen molar-refractivity contribution in [3.8, 4) is 0 Å². The highest BCUT2D eigenvalue weighted by molar-refractivity contribution is 5.92. The molecule has 2 atom stereocenters. The first kappa shape index (κ1) is 33.9. The third-order valence-electron chi connectivity index (χ3n) is 6.80. The standard InChI is InChI=1S/C34H51N3O4/c1-7-9-11-16-23-37(30(28-21-17-18-26(3)24-28)31(38)35-22-15-10-8-2)32(39)29(25-27-19-13-12-14-20-27)36-33(40)41-34(4,5)6/h12-14,17-21,24,29-30H,7-11,15-16,22-23,25H2,1-6H3,(H,35,38)(H,36,40). The zero-order valence-corrected chi connectivity index (χ0v) is 26.0. The Kier molecular flexibility index (Phi) is 14.4. The molecule has 0 aliphatic heterocycles. The van der Waals surface area contributed by atoms with Crippen LogP contribution in [0.1, 0.15) is 102 Å². The van der Waals surface area contributed by atoms with E-state index in [1.54, 1.807) is 25.7 Å². The molecule has 226 valence electrons. The average Bonchev–Trinajstić information content (AvgIpc) is 2.91. The van der Waals surface area contributed by atoms with Crippen LogP contribution in [0.15, 0.2) is 54.6 Å². The number of unbranched alkanes of at least 4 members (excludes halogenated alkanes) is 5. The van der Waals surface area contributed by atoms with Crippen molar-refractivity contribution in [3.63, 3.8) is 0 Å². The van der Waals surface area contributed by atoms with Crippen LogP contribution in [0.2, 0.25) is 0 Å². The highest BCUT2D eigenvalue weighted by Gasteiger charge is 2.36. The normalized spacial score (nSPS) is 12.7. The minimum atomic E-state index is -0.904. The maximum Gasteiger partial charge on any atom is 0.408 e. The molecule has 0 fully saturated rings. The smallest absolute Gasteiger partial charge is 0.408 e. The molecule has 0 aliphatic carbocycles. The first-order valence-electron chi connectivity index (χ1n) is 15.2. The van der Waals surface area contributed by atoms with Crippen LogP contribution in [0.3, 0.4) is 0 Å². The molecular weight excluding hydrogens is 514 g/mol. The molecule has 0 saturated carbocycles. The van der Waals surface area contributed by atoms with Gasteiger partial charge in [-0.15, -0.1) is 0 Å². The lowest BCUT2D eigenvalue weighted by molar-refractivity contribution is -0.142. The summed E-state index contributed by atoms with van der Waals surface area (Å²) in [7, 11) is 0. The van der Waals surface area contributed by atoms with Crippen molar-refractivity contribution in [2.45, 2.75) is 111 Å². The molecule has 2 aromatic rings. The van der Waals surface area contributed by atoms with E-state index < -0.39 is 23.8 Å². The summed E-state index contributed by atoms with van der Waals surface area (Å²) >= 11 is 0. The minimum absolute atomic E-state index is 0.203. The van der Waals surface area contributed by atoms with Gasteiger partial charge in [0.1, 0.15) is 17.7 Å². The number of nitrogens with one attached hydrogen (secondary N) is 2. The summed E-state index contributed by atoms with van der Waals surface area (Å²) < 4.78 is 5.53. The minimum Gasteiger partial charge on any atom is -0.444 e. The summed E-state index contributed by atoms with van der Waals surface area (Å²) in [6.45, 7) is 12.6. The van der Waals surface area contributed by atoms with Crippen molar-refractivity contribution in [1.29, 1.82) is 0 Å². The second-order valence-electron chi connectivity index (χ2n) is 11.8. The third-order valence-corrected chi connectivity index (χ3v) is 6.80. The number of aryl methyl sites for hydroxylation is 1. The number of alkyl carbamates (subject to hydrolysis) is 1. The molecule has 0 heterocycles. The Labute approximate surface area is 247 Å². The van der Waals surface area contributed by atoms with Crippen LogP contribution in [0, 0.1) is 6.92 Å². The fourth-order valence-corrected chi connectivity index (χ4v) is 4.77. The number of hydrogen-bond acceptors (Lipinski definition) is 4. The van der Waals surface area contributed by atoms with Crippen LogP contribution in [-0.4, -0.2) is 47.5 Å². The molecular formula is C34H51N3O4. The fourth-order valence-electron chi connectivity index (χ4n) is 4.77. The summed E-state index contributed by atoms with van der Waals surface area (Å²) in [6.07, 6.45) is 6.39. The van der Waals surface area contributed by atoms with Crippen LogP contribution >= 0.6 is 0 Å². The Balaban J connectivity index is 2.50. The molecule has 3 amide bonds. The highest BCUT2D eigenvalue weighted by atomic mass is 16.6. The van der Waals surface area contributed by atoms with Gasteiger partial charge < -0.3 is 20.3 Å². The van der Waals surface area contributed by atoms with Gasteiger partial charge in [-0.25, -0.2) is 4.79 Å². The predicted molar refractivity (Wildman–Crippen MR) is 166 cm³/mol. The number of amides is 3. The molecule has 0 spiro atoms. The molecule has 41 heavy (non-hydrogen) atoms. The van der Waals surface area contributed by atoms with Crippen LogP contribution in [-0.2, 0) is 20.7 Å². The number of ether oxygens (including phenoxy) is 1. The molecule has 0 aromatic heterocycles. The van der Waals surface area contributed by atoms with E-state index in [9.17, 15) is 14.4 Å². The lowest BCUT2D eigenvalue weighted by Gasteiger charge is -2.35. The third kappa shape index (κ3) is 12.4. The van der Waals surface area contributed by atoms with E-state index in [1.165, 1.54) is 0 Å². The molecule has 2 N–H and O–H groups in total. The fraction of sp³-hybridized carbons (Fsp3) is 0.559. The SMILES string of the molecule is CCCCCCN(C(=O)C(Cc1ccccc1)NC(=O)OC(C)(C)C)C(C(=O)NCCCCC)c1cccc(C)c1. The van der Waals surface area contributed by atoms with Crippen molar-refractivity contribution in [2.75, 3.05) is 13.1 Å². The monoisotopic (exact) mass is 565 g/mol. The Morgan fingerprint density at radius 1 is 0.878 bits per heavy atom. The summed E-state index contributed by atoms with van der Waals surface area (Å²) in [5.74, 6) is -0.502. The van der Waals surface area contributed by atoms with Gasteiger partial charge in [0.05, 0.1) is 0 Å². The van der Waals surface area contributed by atoms with Crippen molar-refractivity contribution in [2.24, 2.45) is 0 Å². The van der Waals surface area contributed by atoms with Crippen LogP contribution in [0.4, 0.5) is 4.79 Å². The Bertz CT molecular complexity index is 1080. The van der Waals surface area contributed by atoms with Gasteiger partial charge in [-0.05, 0) is 51.7 Å². The first-order chi connectivity index (χ1) is 19.6. The molecule has 0 aliphatic rings. The van der Waals surface area contributed by atoms with Gasteiger partial charge in [0.15, 0.2) is 0 Å². The molecule has 0 saturated heterocycles. The summed E-state index contributed by atoms with van der Waals surface area (Å²) in [4.78, 5) is 42.9. The van der Waals surface area contributed by atoms with E-state index in [0.29, 0.717) is 13.1 Å². The van der Waals surface area contributed by atoms with Crippen LogP contribution in [0.25, 0.3) is 0 Å². The lowest BCUT2D eigenvalue weighted by atomic mass is 9.98. The van der Waals surface area contributed by atoms with E-state index in [1.807, 2.05) is 61.5 Å². The van der Waals surface area contributed by atoms with E-state index in [2.05, 4.69) is 24.5 Å². The van der Waals surface area contributed by atoms with Crippen LogP contribution < -0.4 is 10.6 Å². The van der Waals surface area contributed by atoms with Gasteiger partial charge in [-0.3, -0.25) is 9.59 Å². The lowest BCUT2D eigenvalue weighted by Crippen LogP contribution is -2.54. The second kappa shape index (κ2) is 17.5. The zero-order chi connectivity index (χ0) is 30.3. The second-order valence-corrected chi connectivity index (χ2v) is 11.8. The van der Waals surface area contributed by atoms with E-state index in [-0.39, 0.29) is 18.2 Å². The molecule has 7 nitrogen and oxygen atoms in total. The Morgan fingerprint density at radius 3 is 2.20 bits per heavy atom. The summed E-state index contributed by atoms with van der Waals surface area (Å²) in [5, 5.41) is 5.92. The maximum absolute atomic E-state index is 14.5. The van der Waals surface area contributed by atoms with Crippen molar-refractivity contribution in [1.82, 2.24) is 15.5 Å². The van der Waals surface area contributed by atoms with E-state index >= 15 is 0 Å². The van der Waals surface area contributed by atoms with Crippen molar-refractivity contribution in [3.05, 3.63) is 71.3 Å². The van der Waals surface area contributed by atoms with Gasteiger partial charge in [-0.2, -0.15) is 0 Å². The van der Waals surface area contributed by atoms with Crippen LogP contribution in [0.5, 0.6) is 0 Å². The number of benzene rings is 2. The highest BCUT2D eigenvalue weighted by Crippen LogP contribution is 2.25. The molecule has 2 unspecified atom stereocenters.